The van der Waals surface area contributed by atoms with Crippen LogP contribution in [0.1, 0.15) is 25.0 Å². The number of rotatable bonds is 3. The van der Waals surface area contributed by atoms with E-state index in [1.54, 1.807) is 11.3 Å². The van der Waals surface area contributed by atoms with Gasteiger partial charge in [0.1, 0.15) is 11.5 Å². The number of carbonyl (C=O) groups excluding carboxylic acids is 1. The molecule has 2 aromatic rings. The van der Waals surface area contributed by atoms with Gasteiger partial charge in [-0.15, -0.1) is 0 Å². The van der Waals surface area contributed by atoms with E-state index in [9.17, 15) is 4.79 Å². The van der Waals surface area contributed by atoms with Crippen LogP contribution in [0.2, 0.25) is 0 Å². The third-order valence-electron chi connectivity index (χ3n) is 5.48. The van der Waals surface area contributed by atoms with E-state index in [0.29, 0.717) is 6.54 Å². The molecule has 2 aliphatic heterocycles. The molecule has 0 saturated carbocycles. The summed E-state index contributed by atoms with van der Waals surface area (Å²) in [5, 5.41) is 0.860. The summed E-state index contributed by atoms with van der Waals surface area (Å²) in [4.78, 5) is 21.7. The van der Waals surface area contributed by atoms with Crippen molar-refractivity contribution in [1.29, 1.82) is 0 Å². The fraction of sp³-hybridized carbons (Fsp3) is 0.455. The summed E-state index contributed by atoms with van der Waals surface area (Å²) in [6.07, 6.45) is 0. The van der Waals surface area contributed by atoms with Crippen LogP contribution in [-0.2, 0) is 9.53 Å². The topological polar surface area (TPSA) is 54.4 Å². The summed E-state index contributed by atoms with van der Waals surface area (Å²) in [5.41, 5.74) is 2.49. The lowest BCUT2D eigenvalue weighted by Gasteiger charge is -2.39. The number of ether oxygens (including phenoxy) is 2. The maximum absolute atomic E-state index is 12.0. The second kappa shape index (κ2) is 8.32. The van der Waals surface area contributed by atoms with Crippen molar-refractivity contribution in [3.8, 4) is 10.8 Å². The van der Waals surface area contributed by atoms with Crippen LogP contribution in [0, 0.1) is 12.3 Å². The third-order valence-corrected chi connectivity index (χ3v) is 7.00. The average molecular weight is 492 g/mol. The summed E-state index contributed by atoms with van der Waals surface area (Å²) in [5.74, 6) is 1.57. The number of carbonyl (C=O) groups is 1. The molecule has 0 bridgehead atoms. The second-order valence-electron chi connectivity index (χ2n) is 8.40. The van der Waals surface area contributed by atoms with Gasteiger partial charge in [-0.05, 0) is 60.5 Å². The molecule has 0 spiro atoms. The Kier molecular flexibility index (Phi) is 5.92. The van der Waals surface area contributed by atoms with Gasteiger partial charge in [-0.3, -0.25) is 9.69 Å². The Balaban J connectivity index is 1.56. The molecule has 8 heteroatoms. The van der Waals surface area contributed by atoms with E-state index in [4.69, 9.17) is 14.5 Å². The first kappa shape index (κ1) is 21.3. The maximum Gasteiger partial charge on any atom is 0.312 e. The lowest BCUT2D eigenvalue weighted by molar-refractivity contribution is -0.152. The van der Waals surface area contributed by atoms with Crippen LogP contribution in [0.25, 0.3) is 0 Å². The largest absolute Gasteiger partial charge is 0.469 e. The molecule has 0 aliphatic carbocycles. The predicted octanol–water partition coefficient (Wildman–Crippen LogP) is 4.82. The summed E-state index contributed by atoms with van der Waals surface area (Å²) in [6, 6.07) is 8.20. The number of benzene rings is 1. The molecule has 6 nitrogen and oxygen atoms in total. The van der Waals surface area contributed by atoms with Crippen LogP contribution in [0.4, 0.5) is 5.69 Å². The Bertz CT molecular complexity index is 994. The number of nitrogens with zero attached hydrogens (tertiary/aromatic N) is 3. The minimum Gasteiger partial charge on any atom is -0.469 e. The van der Waals surface area contributed by atoms with E-state index in [1.807, 2.05) is 26.0 Å². The number of esters is 1. The van der Waals surface area contributed by atoms with E-state index in [1.165, 1.54) is 7.11 Å². The summed E-state index contributed by atoms with van der Waals surface area (Å²) < 4.78 is 12.2. The Morgan fingerprint density at radius 1 is 1.27 bits per heavy atom. The average Bonchev–Trinajstić information content (AvgIpc) is 3.00. The first-order valence-corrected chi connectivity index (χ1v) is 11.6. The molecule has 160 valence electrons. The molecular weight excluding hydrogens is 466 g/mol. The minimum atomic E-state index is -0.521. The minimum absolute atomic E-state index is 0.171. The number of amidine groups is 1. The smallest absolute Gasteiger partial charge is 0.312 e. The number of aliphatic imine (C=N–C) groups is 1. The Morgan fingerprint density at radius 3 is 2.70 bits per heavy atom. The number of aryl methyl sites for hydroxylation is 1. The van der Waals surface area contributed by atoms with Gasteiger partial charge in [0.2, 0.25) is 0 Å². The quantitative estimate of drug-likeness (QED) is 0.576. The molecule has 1 aromatic heterocycles. The number of fused-ring (bicyclic) bond motifs is 2. The van der Waals surface area contributed by atoms with Gasteiger partial charge in [0, 0.05) is 32.7 Å². The van der Waals surface area contributed by atoms with Crippen molar-refractivity contribution in [2.75, 3.05) is 39.8 Å². The van der Waals surface area contributed by atoms with Crippen molar-refractivity contribution >= 4 is 44.8 Å². The first-order chi connectivity index (χ1) is 14.3. The molecule has 1 aromatic carbocycles. The van der Waals surface area contributed by atoms with Crippen molar-refractivity contribution < 1.29 is 14.3 Å². The zero-order valence-electron chi connectivity index (χ0n) is 17.7. The van der Waals surface area contributed by atoms with Gasteiger partial charge >= 0.3 is 5.97 Å². The van der Waals surface area contributed by atoms with Gasteiger partial charge in [0.25, 0.3) is 0 Å². The van der Waals surface area contributed by atoms with Crippen LogP contribution >= 0.6 is 27.3 Å². The van der Waals surface area contributed by atoms with Crippen LogP contribution in [-0.4, -0.2) is 61.4 Å². The molecule has 1 saturated heterocycles. The van der Waals surface area contributed by atoms with E-state index >= 15 is 0 Å². The number of hydrogen-bond donors (Lipinski definition) is 0. The van der Waals surface area contributed by atoms with E-state index in [-0.39, 0.29) is 5.97 Å². The van der Waals surface area contributed by atoms with Gasteiger partial charge < -0.3 is 14.4 Å². The van der Waals surface area contributed by atoms with Gasteiger partial charge in [0.05, 0.1) is 21.9 Å². The lowest BCUT2D eigenvalue weighted by atomic mass is 9.92. The highest BCUT2D eigenvalue weighted by Crippen LogP contribution is 2.44. The molecule has 0 N–H and O–H groups in total. The fourth-order valence-electron chi connectivity index (χ4n) is 3.91. The number of piperazine rings is 1. The van der Waals surface area contributed by atoms with Gasteiger partial charge in [0.15, 0.2) is 10.8 Å². The summed E-state index contributed by atoms with van der Waals surface area (Å²) in [7, 11) is 1.45. The predicted molar refractivity (Wildman–Crippen MR) is 123 cm³/mol. The number of halogens is 1. The van der Waals surface area contributed by atoms with E-state index in [0.717, 1.165) is 63.4 Å². The van der Waals surface area contributed by atoms with Gasteiger partial charge in [-0.2, -0.15) is 0 Å². The first-order valence-electron chi connectivity index (χ1n) is 9.99. The van der Waals surface area contributed by atoms with Crippen LogP contribution < -0.4 is 4.74 Å². The monoisotopic (exact) mass is 491 g/mol. The zero-order chi connectivity index (χ0) is 21.5. The third kappa shape index (κ3) is 4.26. The molecular formula is C22H26BrN3O3S. The Morgan fingerprint density at radius 2 is 2.00 bits per heavy atom. The van der Waals surface area contributed by atoms with Crippen LogP contribution in [0.3, 0.4) is 0 Å². The molecule has 0 radical (unpaired) electrons. The number of thiophene rings is 1. The van der Waals surface area contributed by atoms with Gasteiger partial charge in [-0.1, -0.05) is 17.4 Å². The molecule has 0 unspecified atom stereocenters. The Hall–Kier alpha value is -1.90. The maximum atomic E-state index is 12.0. The van der Waals surface area contributed by atoms with Crippen LogP contribution in [0.5, 0.6) is 10.8 Å². The van der Waals surface area contributed by atoms with E-state index in [2.05, 4.69) is 44.8 Å². The van der Waals surface area contributed by atoms with Crippen molar-refractivity contribution in [1.82, 2.24) is 9.80 Å². The second-order valence-corrected chi connectivity index (χ2v) is 10.8. The number of hydrogen-bond acceptors (Lipinski definition) is 7. The van der Waals surface area contributed by atoms with Crippen molar-refractivity contribution in [3.05, 3.63) is 39.2 Å². The molecule has 0 atom stereocenters. The number of methoxy groups -OCH3 is 1. The zero-order valence-corrected chi connectivity index (χ0v) is 20.1. The van der Waals surface area contributed by atoms with Crippen molar-refractivity contribution in [2.24, 2.45) is 10.4 Å². The normalized spacial score (nSPS) is 16.8. The van der Waals surface area contributed by atoms with Gasteiger partial charge in [-0.25, -0.2) is 4.99 Å². The highest BCUT2D eigenvalue weighted by atomic mass is 79.9. The molecule has 4 rings (SSSR count). The van der Waals surface area contributed by atoms with E-state index < -0.39 is 5.41 Å². The summed E-state index contributed by atoms with van der Waals surface area (Å²) in [6.45, 7) is 10.0. The highest BCUT2D eigenvalue weighted by Gasteiger charge is 2.33. The molecule has 3 heterocycles. The van der Waals surface area contributed by atoms with Crippen LogP contribution in [0.15, 0.2) is 33.0 Å². The summed E-state index contributed by atoms with van der Waals surface area (Å²) >= 11 is 5.18. The Labute approximate surface area is 189 Å². The van der Waals surface area contributed by atoms with Crippen molar-refractivity contribution in [2.45, 2.75) is 20.8 Å². The van der Waals surface area contributed by atoms with Crippen molar-refractivity contribution in [3.63, 3.8) is 0 Å². The molecule has 30 heavy (non-hydrogen) atoms. The molecule has 2 aliphatic rings. The SMILES string of the molecule is COC(=O)C(C)(C)CN1CCN(C2=Nc3ccc(C)cc3Oc3sc(Br)cc32)CC1. The molecule has 1 fully saturated rings. The standard InChI is InChI=1S/C22H26BrN3O3S/c1-14-5-6-16-17(11-14)29-20-15(12-18(23)30-20)19(24-16)26-9-7-25(8-10-26)13-22(2,3)21(27)28-4/h5-6,11-12H,7-10,13H2,1-4H3. The lowest BCUT2D eigenvalue weighted by Crippen LogP contribution is -2.52. The molecule has 0 amide bonds. The highest BCUT2D eigenvalue weighted by molar-refractivity contribution is 9.11. The fourth-order valence-corrected chi connectivity index (χ4v) is 5.32.